The summed E-state index contributed by atoms with van der Waals surface area (Å²) >= 11 is 0. The third-order valence-corrected chi connectivity index (χ3v) is 11.4. The summed E-state index contributed by atoms with van der Waals surface area (Å²) in [5.41, 5.74) is 17.3. The van der Waals surface area contributed by atoms with Crippen molar-refractivity contribution in [3.8, 4) is 44.5 Å². The number of benzene rings is 9. The van der Waals surface area contributed by atoms with Crippen molar-refractivity contribution in [3.63, 3.8) is 0 Å². The molecule has 0 N–H and O–H groups in total. The van der Waals surface area contributed by atoms with Gasteiger partial charge < -0.3 is 4.90 Å². The van der Waals surface area contributed by atoms with Gasteiger partial charge in [-0.2, -0.15) is 0 Å². The molecule has 1 heterocycles. The Morgan fingerprint density at radius 3 is 0.982 bits per heavy atom. The van der Waals surface area contributed by atoms with Crippen LogP contribution in [0.4, 0.5) is 17.1 Å². The van der Waals surface area contributed by atoms with Crippen molar-refractivity contribution in [2.75, 3.05) is 4.90 Å². The summed E-state index contributed by atoms with van der Waals surface area (Å²) in [7, 11) is 0. The average Bonchev–Trinajstić information content (AvgIpc) is 3.29. The van der Waals surface area contributed by atoms with E-state index in [2.05, 4.69) is 241 Å². The molecule has 1 heteroatoms. The first-order chi connectivity index (χ1) is 27.8. The zero-order valence-electron chi connectivity index (χ0n) is 31.0. The summed E-state index contributed by atoms with van der Waals surface area (Å²) < 4.78 is 0. The first-order valence-electron chi connectivity index (χ1n) is 19.4. The van der Waals surface area contributed by atoms with Gasteiger partial charge in [0.25, 0.3) is 0 Å². The lowest BCUT2D eigenvalue weighted by Crippen LogP contribution is -2.37. The second-order valence-corrected chi connectivity index (χ2v) is 14.4. The Morgan fingerprint density at radius 1 is 0.268 bits per heavy atom. The molecular weight excluding hydrogens is 675 g/mol. The fraction of sp³-hybridized carbons (Fsp3) is 0.0182. The summed E-state index contributed by atoms with van der Waals surface area (Å²) in [6, 6.07) is 86.4. The molecule has 0 fully saturated rings. The van der Waals surface area contributed by atoms with E-state index in [0.29, 0.717) is 0 Å². The standard InChI is InChI=1S/C55H39N/c1-6-20-40(21-7-1)47-30-16-18-32-49(47)42-34-36-53-51(38-42)55(44-24-10-3-11-25-44,45-26-12-4-13-27-45)52-39-43(35-37-54(52)56(53)46-28-14-5-15-29-46)50-33-19-17-31-48(50)41-22-8-2-9-23-41/h1-39H. The van der Waals surface area contributed by atoms with Gasteiger partial charge in [-0.05, 0) is 103 Å². The van der Waals surface area contributed by atoms with E-state index in [-0.39, 0.29) is 0 Å². The predicted molar refractivity (Wildman–Crippen MR) is 235 cm³/mol. The molecule has 264 valence electrons. The molecule has 0 saturated heterocycles. The van der Waals surface area contributed by atoms with Gasteiger partial charge in [0.2, 0.25) is 0 Å². The Morgan fingerprint density at radius 2 is 0.589 bits per heavy atom. The van der Waals surface area contributed by atoms with E-state index in [4.69, 9.17) is 0 Å². The van der Waals surface area contributed by atoms with Gasteiger partial charge in [-0.15, -0.1) is 0 Å². The normalized spacial score (nSPS) is 12.8. The minimum atomic E-state index is -0.659. The quantitative estimate of drug-likeness (QED) is 0.159. The molecule has 0 bridgehead atoms. The number of nitrogens with zero attached hydrogens (tertiary/aromatic N) is 1. The lowest BCUT2D eigenvalue weighted by atomic mass is 9.61. The van der Waals surface area contributed by atoms with Crippen LogP contribution in [0, 0.1) is 0 Å². The van der Waals surface area contributed by atoms with Crippen molar-refractivity contribution in [1.29, 1.82) is 0 Å². The van der Waals surface area contributed by atoms with Crippen LogP contribution in [-0.2, 0) is 5.41 Å². The van der Waals surface area contributed by atoms with E-state index in [0.717, 1.165) is 17.1 Å². The molecule has 0 amide bonds. The Bertz CT molecular complexity index is 2600. The summed E-state index contributed by atoms with van der Waals surface area (Å²) in [6.45, 7) is 0. The molecule has 0 radical (unpaired) electrons. The summed E-state index contributed by atoms with van der Waals surface area (Å²) in [5.74, 6) is 0. The second-order valence-electron chi connectivity index (χ2n) is 14.4. The first-order valence-corrected chi connectivity index (χ1v) is 19.4. The molecule has 10 rings (SSSR count). The predicted octanol–water partition coefficient (Wildman–Crippen LogP) is 14.5. The molecule has 0 saturated carbocycles. The number of fused-ring (bicyclic) bond motifs is 2. The van der Waals surface area contributed by atoms with Crippen molar-refractivity contribution in [3.05, 3.63) is 259 Å². The highest BCUT2D eigenvalue weighted by Gasteiger charge is 2.47. The topological polar surface area (TPSA) is 3.24 Å². The lowest BCUT2D eigenvalue weighted by Gasteiger charge is -2.47. The maximum atomic E-state index is 2.47. The van der Waals surface area contributed by atoms with Crippen molar-refractivity contribution >= 4 is 17.1 Å². The van der Waals surface area contributed by atoms with Gasteiger partial charge in [-0.25, -0.2) is 0 Å². The van der Waals surface area contributed by atoms with Gasteiger partial charge >= 0.3 is 0 Å². The van der Waals surface area contributed by atoms with Crippen LogP contribution in [0.25, 0.3) is 44.5 Å². The molecule has 1 nitrogen and oxygen atoms in total. The van der Waals surface area contributed by atoms with Crippen LogP contribution >= 0.6 is 0 Å². The van der Waals surface area contributed by atoms with Crippen LogP contribution in [0.15, 0.2) is 237 Å². The van der Waals surface area contributed by atoms with Gasteiger partial charge in [0.05, 0.1) is 16.8 Å². The zero-order chi connectivity index (χ0) is 37.3. The number of rotatable bonds is 7. The maximum absolute atomic E-state index is 2.47. The van der Waals surface area contributed by atoms with Gasteiger partial charge in [-0.3, -0.25) is 0 Å². The first kappa shape index (κ1) is 33.4. The highest BCUT2D eigenvalue weighted by atomic mass is 15.2. The zero-order valence-corrected chi connectivity index (χ0v) is 31.0. The smallest absolute Gasteiger partial charge is 0.0742 e. The minimum absolute atomic E-state index is 0.659. The Balaban J connectivity index is 1.32. The lowest BCUT2D eigenvalue weighted by molar-refractivity contribution is 0.732. The van der Waals surface area contributed by atoms with E-state index in [9.17, 15) is 0 Å². The van der Waals surface area contributed by atoms with Crippen LogP contribution < -0.4 is 4.90 Å². The largest absolute Gasteiger partial charge is 0.310 e. The fourth-order valence-corrected chi connectivity index (χ4v) is 8.90. The Hall–Kier alpha value is -7.22. The van der Waals surface area contributed by atoms with Crippen molar-refractivity contribution in [2.24, 2.45) is 0 Å². The fourth-order valence-electron chi connectivity index (χ4n) is 8.90. The molecule has 56 heavy (non-hydrogen) atoms. The molecule has 0 spiro atoms. The molecule has 9 aromatic carbocycles. The third kappa shape index (κ3) is 5.56. The van der Waals surface area contributed by atoms with Crippen LogP contribution in [-0.4, -0.2) is 0 Å². The number of hydrogen-bond acceptors (Lipinski definition) is 1. The van der Waals surface area contributed by atoms with E-state index in [1.54, 1.807) is 0 Å². The molecular formula is C55H39N. The van der Waals surface area contributed by atoms with Crippen LogP contribution in [0.2, 0.25) is 0 Å². The van der Waals surface area contributed by atoms with Crippen LogP contribution in [0.5, 0.6) is 0 Å². The van der Waals surface area contributed by atoms with E-state index >= 15 is 0 Å². The number of para-hydroxylation sites is 1. The van der Waals surface area contributed by atoms with Gasteiger partial charge in [0, 0.05) is 5.69 Å². The maximum Gasteiger partial charge on any atom is 0.0742 e. The van der Waals surface area contributed by atoms with E-state index in [1.165, 1.54) is 66.8 Å². The molecule has 1 aliphatic heterocycles. The minimum Gasteiger partial charge on any atom is -0.310 e. The summed E-state index contributed by atoms with van der Waals surface area (Å²) in [5, 5.41) is 0. The van der Waals surface area contributed by atoms with Crippen molar-refractivity contribution in [2.45, 2.75) is 5.41 Å². The van der Waals surface area contributed by atoms with Crippen molar-refractivity contribution in [1.82, 2.24) is 0 Å². The van der Waals surface area contributed by atoms with Crippen LogP contribution in [0.3, 0.4) is 0 Å². The monoisotopic (exact) mass is 713 g/mol. The van der Waals surface area contributed by atoms with Gasteiger partial charge in [0.1, 0.15) is 0 Å². The molecule has 0 unspecified atom stereocenters. The third-order valence-electron chi connectivity index (χ3n) is 11.4. The second kappa shape index (κ2) is 14.2. The average molecular weight is 714 g/mol. The SMILES string of the molecule is c1ccc(-c2ccccc2-c2ccc3c(c2)C(c2ccccc2)(c2ccccc2)c2cc(-c4ccccc4-c4ccccc4)ccc2N3c2ccccc2)cc1. The number of hydrogen-bond donors (Lipinski definition) is 0. The molecule has 0 aromatic heterocycles. The highest BCUT2D eigenvalue weighted by molar-refractivity contribution is 5.94. The van der Waals surface area contributed by atoms with Crippen LogP contribution in [0.1, 0.15) is 22.3 Å². The summed E-state index contributed by atoms with van der Waals surface area (Å²) in [6.07, 6.45) is 0. The van der Waals surface area contributed by atoms with E-state index < -0.39 is 5.41 Å². The number of anilines is 3. The molecule has 0 atom stereocenters. The molecule has 0 aliphatic carbocycles. The van der Waals surface area contributed by atoms with E-state index in [1.807, 2.05) is 0 Å². The summed E-state index contributed by atoms with van der Waals surface area (Å²) in [4.78, 5) is 2.47. The van der Waals surface area contributed by atoms with Gasteiger partial charge in [-0.1, -0.05) is 200 Å². The molecule has 1 aliphatic rings. The highest BCUT2D eigenvalue weighted by Crippen LogP contribution is 2.59. The Kier molecular flexibility index (Phi) is 8.46. The Labute approximate surface area is 329 Å². The van der Waals surface area contributed by atoms with Crippen molar-refractivity contribution < 1.29 is 0 Å². The molecule has 9 aromatic rings. The van der Waals surface area contributed by atoms with Gasteiger partial charge in [0.15, 0.2) is 0 Å².